The van der Waals surface area contributed by atoms with Crippen LogP contribution in [0.15, 0.2) is 0 Å². The molecule has 0 aliphatic heterocycles. The second-order valence-corrected chi connectivity index (χ2v) is 34.2. The second kappa shape index (κ2) is 73.2. The summed E-state index contributed by atoms with van der Waals surface area (Å²) in [7, 11) is -9.92. The highest BCUT2D eigenvalue weighted by molar-refractivity contribution is 7.47. The summed E-state index contributed by atoms with van der Waals surface area (Å²) in [5.74, 6) is 0.222. The van der Waals surface area contributed by atoms with Gasteiger partial charge in [0.15, 0.2) is 12.2 Å². The summed E-state index contributed by atoms with van der Waals surface area (Å²) >= 11 is 0. The van der Waals surface area contributed by atoms with Crippen LogP contribution in [-0.2, 0) is 65.4 Å². The van der Waals surface area contributed by atoms with Gasteiger partial charge in [0, 0.05) is 25.7 Å². The number of hydrogen-bond acceptors (Lipinski definition) is 15. The quantitative estimate of drug-likeness (QED) is 0.0222. The third-order valence-corrected chi connectivity index (χ3v) is 21.3. The summed E-state index contributed by atoms with van der Waals surface area (Å²) in [4.78, 5) is 73.1. The molecular weight excluding hydrogens is 1330 g/mol. The molecule has 0 aliphatic carbocycles. The molecule has 0 fully saturated rings. The lowest BCUT2D eigenvalue weighted by atomic mass is 10.0. The Morgan fingerprint density at radius 3 is 0.667 bits per heavy atom. The smallest absolute Gasteiger partial charge is 0.462 e. The van der Waals surface area contributed by atoms with Crippen LogP contribution in [0.2, 0.25) is 0 Å². The predicted molar refractivity (Wildman–Crippen MR) is 418 cm³/mol. The lowest BCUT2D eigenvalue weighted by Crippen LogP contribution is -2.30. The molecule has 0 heterocycles. The number of aliphatic hydroxyl groups is 1. The van der Waals surface area contributed by atoms with Gasteiger partial charge in [-0.15, -0.1) is 0 Å². The maximum absolute atomic E-state index is 13.1. The molecule has 0 aliphatic rings. The van der Waals surface area contributed by atoms with E-state index in [-0.39, 0.29) is 25.7 Å². The van der Waals surface area contributed by atoms with E-state index in [4.69, 9.17) is 37.0 Å². The Kier molecular flexibility index (Phi) is 71.8. The second-order valence-electron chi connectivity index (χ2n) is 31.3. The Labute approximate surface area is 626 Å². The normalized spacial score (nSPS) is 13.9. The first-order valence-electron chi connectivity index (χ1n) is 42.8. The number of carbonyl (C=O) groups is 4. The standard InChI is InChI=1S/C83H162O17P2/c1-8-9-10-11-12-13-14-15-20-24-29-36-43-50-57-64-80(85)93-70-78(99-82(87)66-59-52-45-37-30-25-22-19-17-16-18-21-23-27-33-40-47-54-61-74(2)3)72-97-101(89,90)95-68-77(84)69-96-102(91,92)98-73-79(71-94-81(86)65-58-51-44-39-32-35-42-49-56-63-76(6)7)100-83(88)67-60-53-46-38-31-26-28-34-41-48-55-62-75(4)5/h74-79,84H,8-73H2,1-7H3,(H,89,90)(H,91,92)/t77-,78-,79-/m1/s1. The predicted octanol–water partition coefficient (Wildman–Crippen LogP) is 24.9. The van der Waals surface area contributed by atoms with Crippen LogP contribution in [0.1, 0.15) is 434 Å². The molecule has 0 aromatic carbocycles. The minimum absolute atomic E-state index is 0.106. The first kappa shape index (κ1) is 100. The molecular formula is C83H162O17P2. The molecule has 17 nitrogen and oxygen atoms in total. The summed E-state index contributed by atoms with van der Waals surface area (Å²) in [6.45, 7) is 12.0. The highest BCUT2D eigenvalue weighted by atomic mass is 31.2. The number of phosphoric acid groups is 2. The third-order valence-electron chi connectivity index (χ3n) is 19.4. The maximum atomic E-state index is 13.1. The van der Waals surface area contributed by atoms with Crippen LogP contribution < -0.4 is 0 Å². The summed E-state index contributed by atoms with van der Waals surface area (Å²) < 4.78 is 68.8. The molecule has 3 N–H and O–H groups in total. The molecule has 2 unspecified atom stereocenters. The van der Waals surface area contributed by atoms with E-state index in [1.54, 1.807) is 0 Å². The van der Waals surface area contributed by atoms with E-state index in [0.717, 1.165) is 108 Å². The molecule has 0 spiro atoms. The number of carbonyl (C=O) groups excluding carboxylic acids is 4. The first-order valence-corrected chi connectivity index (χ1v) is 45.8. The van der Waals surface area contributed by atoms with Crippen LogP contribution in [0.5, 0.6) is 0 Å². The van der Waals surface area contributed by atoms with Crippen LogP contribution in [-0.4, -0.2) is 96.7 Å². The minimum atomic E-state index is -4.96. The zero-order valence-electron chi connectivity index (χ0n) is 67.1. The molecule has 0 bridgehead atoms. The molecule has 0 aromatic rings. The van der Waals surface area contributed by atoms with Crippen LogP contribution in [0.25, 0.3) is 0 Å². The number of unbranched alkanes of at least 4 members (excludes halogenated alkanes) is 49. The van der Waals surface area contributed by atoms with E-state index in [1.807, 2.05) is 0 Å². The SMILES string of the molecule is CCCCCCCCCCCCCCCCCC(=O)OC[C@H](COP(=O)(O)OC[C@@H](O)COP(=O)(O)OC[C@@H](COC(=O)CCCCCCCCCCCC(C)C)OC(=O)CCCCCCCCCCCCCC(C)C)OC(=O)CCCCCCCCCCCCCCCCCCCCC(C)C. The van der Waals surface area contributed by atoms with Gasteiger partial charge in [0.2, 0.25) is 0 Å². The van der Waals surface area contributed by atoms with E-state index in [2.05, 4.69) is 48.5 Å². The average Bonchev–Trinajstić information content (AvgIpc) is 0.909. The Balaban J connectivity index is 5.24. The third kappa shape index (κ3) is 76.3. The number of esters is 4. The fourth-order valence-electron chi connectivity index (χ4n) is 12.8. The van der Waals surface area contributed by atoms with Crippen molar-refractivity contribution in [2.75, 3.05) is 39.6 Å². The van der Waals surface area contributed by atoms with Crippen molar-refractivity contribution >= 4 is 39.5 Å². The minimum Gasteiger partial charge on any atom is -0.462 e. The zero-order chi connectivity index (χ0) is 75.1. The van der Waals surface area contributed by atoms with Crippen molar-refractivity contribution in [2.24, 2.45) is 17.8 Å². The Bertz CT molecular complexity index is 1970. The van der Waals surface area contributed by atoms with Crippen molar-refractivity contribution in [3.05, 3.63) is 0 Å². The molecule has 0 aromatic heterocycles. The summed E-state index contributed by atoms with van der Waals surface area (Å²) in [6.07, 6.45) is 62.4. The number of aliphatic hydroxyl groups excluding tert-OH is 1. The summed E-state index contributed by atoms with van der Waals surface area (Å²) in [5, 5.41) is 10.7. The fourth-order valence-corrected chi connectivity index (χ4v) is 14.4. The lowest BCUT2D eigenvalue weighted by Gasteiger charge is -2.21. The Morgan fingerprint density at radius 2 is 0.451 bits per heavy atom. The Morgan fingerprint density at radius 1 is 0.265 bits per heavy atom. The molecule has 0 saturated carbocycles. The molecule has 5 atom stereocenters. The van der Waals surface area contributed by atoms with Crippen molar-refractivity contribution < 1.29 is 80.2 Å². The van der Waals surface area contributed by atoms with E-state index in [0.29, 0.717) is 25.7 Å². The van der Waals surface area contributed by atoms with Crippen molar-refractivity contribution in [2.45, 2.75) is 452 Å². The fraction of sp³-hybridized carbons (Fsp3) is 0.952. The lowest BCUT2D eigenvalue weighted by molar-refractivity contribution is -0.161. The topological polar surface area (TPSA) is 237 Å². The van der Waals surface area contributed by atoms with Crippen LogP contribution >= 0.6 is 15.6 Å². The van der Waals surface area contributed by atoms with Crippen molar-refractivity contribution in [3.63, 3.8) is 0 Å². The summed E-state index contributed by atoms with van der Waals surface area (Å²) in [5.41, 5.74) is 0. The highest BCUT2D eigenvalue weighted by Crippen LogP contribution is 2.45. The van der Waals surface area contributed by atoms with Crippen LogP contribution in [0.3, 0.4) is 0 Å². The van der Waals surface area contributed by atoms with E-state index in [9.17, 15) is 43.2 Å². The number of phosphoric ester groups is 2. The molecule has 19 heteroatoms. The number of ether oxygens (including phenoxy) is 4. The van der Waals surface area contributed by atoms with Crippen LogP contribution in [0, 0.1) is 17.8 Å². The van der Waals surface area contributed by atoms with Gasteiger partial charge in [-0.3, -0.25) is 37.3 Å². The van der Waals surface area contributed by atoms with Gasteiger partial charge >= 0.3 is 39.5 Å². The monoisotopic (exact) mass is 1490 g/mol. The van der Waals surface area contributed by atoms with E-state index in [1.165, 1.54) is 244 Å². The molecule has 0 rings (SSSR count). The van der Waals surface area contributed by atoms with Gasteiger partial charge in [-0.25, -0.2) is 9.13 Å². The number of rotatable bonds is 81. The Hall–Kier alpha value is -1.94. The van der Waals surface area contributed by atoms with Gasteiger partial charge in [0.05, 0.1) is 26.4 Å². The molecule has 0 saturated heterocycles. The van der Waals surface area contributed by atoms with Crippen molar-refractivity contribution in [3.8, 4) is 0 Å². The highest BCUT2D eigenvalue weighted by Gasteiger charge is 2.30. The van der Waals surface area contributed by atoms with Crippen LogP contribution in [0.4, 0.5) is 0 Å². The molecule has 102 heavy (non-hydrogen) atoms. The van der Waals surface area contributed by atoms with E-state index < -0.39 is 97.5 Å². The zero-order valence-corrected chi connectivity index (χ0v) is 68.9. The maximum Gasteiger partial charge on any atom is 0.472 e. The molecule has 606 valence electrons. The summed E-state index contributed by atoms with van der Waals surface area (Å²) in [6, 6.07) is 0. The molecule has 0 amide bonds. The molecule has 0 radical (unpaired) electrons. The largest absolute Gasteiger partial charge is 0.472 e. The van der Waals surface area contributed by atoms with E-state index >= 15 is 0 Å². The first-order chi connectivity index (χ1) is 49.2. The average molecular weight is 1490 g/mol. The van der Waals surface area contributed by atoms with Crippen molar-refractivity contribution in [1.82, 2.24) is 0 Å². The van der Waals surface area contributed by atoms with Crippen molar-refractivity contribution in [1.29, 1.82) is 0 Å². The number of hydrogen-bond donors (Lipinski definition) is 3. The van der Waals surface area contributed by atoms with Gasteiger partial charge in [-0.05, 0) is 43.4 Å². The van der Waals surface area contributed by atoms with Gasteiger partial charge in [0.1, 0.15) is 19.3 Å². The van der Waals surface area contributed by atoms with Gasteiger partial charge in [-0.2, -0.15) is 0 Å². The van der Waals surface area contributed by atoms with Gasteiger partial charge < -0.3 is 33.8 Å². The van der Waals surface area contributed by atoms with Gasteiger partial charge in [0.25, 0.3) is 0 Å². The van der Waals surface area contributed by atoms with Gasteiger partial charge in [-0.1, -0.05) is 382 Å².